The number of ether oxygens (including phenoxy) is 2. The van der Waals surface area contributed by atoms with Gasteiger partial charge in [0.15, 0.2) is 6.10 Å². The van der Waals surface area contributed by atoms with E-state index in [9.17, 15) is 19.5 Å². The number of phenols is 1. The monoisotopic (exact) mass is 431 g/mol. The zero-order valence-electron chi connectivity index (χ0n) is 17.2. The van der Waals surface area contributed by atoms with Crippen LogP contribution in [0.15, 0.2) is 24.3 Å². The summed E-state index contributed by atoms with van der Waals surface area (Å²) >= 11 is 1.37. The first-order valence-corrected chi connectivity index (χ1v) is 10.7. The number of carbonyl (C=O) groups is 3. The van der Waals surface area contributed by atoms with Gasteiger partial charge in [-0.1, -0.05) is 19.1 Å². The molecule has 7 nitrogen and oxygen atoms in total. The van der Waals surface area contributed by atoms with Crippen molar-refractivity contribution in [2.45, 2.75) is 46.1 Å². The Labute approximate surface area is 179 Å². The van der Waals surface area contributed by atoms with Gasteiger partial charge in [-0.25, -0.2) is 9.59 Å². The van der Waals surface area contributed by atoms with Gasteiger partial charge >= 0.3 is 11.9 Å². The number of hydrogen-bond acceptors (Lipinski definition) is 7. The van der Waals surface area contributed by atoms with E-state index in [1.165, 1.54) is 30.4 Å². The van der Waals surface area contributed by atoms with E-state index in [2.05, 4.69) is 12.2 Å². The Hall–Kier alpha value is -2.87. The maximum absolute atomic E-state index is 12.7. The highest BCUT2D eigenvalue weighted by atomic mass is 32.1. The first kappa shape index (κ1) is 21.8. The van der Waals surface area contributed by atoms with Gasteiger partial charge in [0.25, 0.3) is 5.91 Å². The predicted molar refractivity (Wildman–Crippen MR) is 113 cm³/mol. The summed E-state index contributed by atoms with van der Waals surface area (Å²) in [7, 11) is 0. The maximum Gasteiger partial charge on any atom is 0.342 e. The van der Waals surface area contributed by atoms with Crippen LogP contribution in [-0.2, 0) is 27.1 Å². The van der Waals surface area contributed by atoms with Gasteiger partial charge in [-0.3, -0.25) is 4.79 Å². The molecule has 1 heterocycles. The van der Waals surface area contributed by atoms with Gasteiger partial charge in [0.2, 0.25) is 0 Å². The number of nitrogens with one attached hydrogen (secondary N) is 1. The number of carbonyl (C=O) groups excluding carboxylic acids is 3. The summed E-state index contributed by atoms with van der Waals surface area (Å²) in [4.78, 5) is 38.6. The summed E-state index contributed by atoms with van der Waals surface area (Å²) in [6.45, 7) is 5.57. The average Bonchev–Trinajstić information content (AvgIpc) is 3.05. The molecular formula is C22H25NO6S. The molecule has 3 rings (SSSR count). The number of benzene rings is 1. The van der Waals surface area contributed by atoms with Gasteiger partial charge in [0.1, 0.15) is 16.3 Å². The Morgan fingerprint density at radius 3 is 2.70 bits per heavy atom. The molecule has 0 radical (unpaired) electrons. The minimum atomic E-state index is -1.12. The molecule has 0 aliphatic heterocycles. The van der Waals surface area contributed by atoms with Crippen LogP contribution in [0.25, 0.3) is 0 Å². The van der Waals surface area contributed by atoms with Crippen LogP contribution in [0.1, 0.15) is 58.3 Å². The fourth-order valence-corrected chi connectivity index (χ4v) is 4.80. The Balaban J connectivity index is 1.78. The number of esters is 2. The Morgan fingerprint density at radius 1 is 1.27 bits per heavy atom. The molecule has 1 aromatic carbocycles. The normalized spacial score (nSPS) is 16.3. The first-order valence-electron chi connectivity index (χ1n) is 9.93. The smallest absolute Gasteiger partial charge is 0.342 e. The second-order valence-electron chi connectivity index (χ2n) is 7.33. The summed E-state index contributed by atoms with van der Waals surface area (Å²) in [5, 5.41) is 12.9. The number of phenolic OH excluding ortho intramolecular Hbond substituents is 1. The highest BCUT2D eigenvalue weighted by Gasteiger charge is 2.30. The molecule has 1 amide bonds. The number of para-hydroxylation sites is 1. The highest BCUT2D eigenvalue weighted by molar-refractivity contribution is 7.17. The van der Waals surface area contributed by atoms with Crippen LogP contribution < -0.4 is 5.32 Å². The van der Waals surface area contributed by atoms with E-state index in [1.54, 1.807) is 19.1 Å². The first-order chi connectivity index (χ1) is 14.3. The van der Waals surface area contributed by atoms with E-state index in [0.717, 1.165) is 29.7 Å². The van der Waals surface area contributed by atoms with Crippen molar-refractivity contribution in [2.24, 2.45) is 5.92 Å². The minimum Gasteiger partial charge on any atom is -0.507 e. The lowest BCUT2D eigenvalue weighted by molar-refractivity contribution is -0.123. The van der Waals surface area contributed by atoms with Crippen molar-refractivity contribution in [3.63, 3.8) is 0 Å². The number of aromatic hydroxyl groups is 1. The van der Waals surface area contributed by atoms with E-state index in [0.29, 0.717) is 16.5 Å². The van der Waals surface area contributed by atoms with Crippen LogP contribution in [0.5, 0.6) is 5.75 Å². The maximum atomic E-state index is 12.7. The molecule has 0 fully saturated rings. The average molecular weight is 432 g/mol. The molecule has 1 aliphatic carbocycles. The van der Waals surface area contributed by atoms with Crippen LogP contribution in [0.3, 0.4) is 0 Å². The summed E-state index contributed by atoms with van der Waals surface area (Å²) in [5.41, 5.74) is 1.31. The summed E-state index contributed by atoms with van der Waals surface area (Å²) in [5.74, 6) is -1.54. The fourth-order valence-electron chi connectivity index (χ4n) is 3.40. The van der Waals surface area contributed by atoms with Crippen molar-refractivity contribution < 1.29 is 29.0 Å². The molecule has 0 saturated heterocycles. The highest BCUT2D eigenvalue weighted by Crippen LogP contribution is 2.40. The third kappa shape index (κ3) is 4.64. The molecule has 0 saturated carbocycles. The van der Waals surface area contributed by atoms with Crippen LogP contribution in [0.4, 0.5) is 5.00 Å². The molecule has 0 bridgehead atoms. The van der Waals surface area contributed by atoms with E-state index >= 15 is 0 Å². The topological polar surface area (TPSA) is 102 Å². The lowest BCUT2D eigenvalue weighted by Crippen LogP contribution is -2.30. The standard InChI is InChI=1S/C22H25NO6S/c1-4-28-22(27)18-15-10-9-12(2)11-17(15)30-20(18)23-19(25)13(3)29-21(26)14-7-5-6-8-16(14)24/h5-8,12-13,24H,4,9-11H2,1-3H3,(H,23,25)/t12-,13-/m0/s1. The van der Waals surface area contributed by atoms with Gasteiger partial charge in [-0.05, 0) is 56.7 Å². The van der Waals surface area contributed by atoms with E-state index in [1.807, 2.05) is 0 Å². The molecule has 1 aromatic heterocycles. The van der Waals surface area contributed by atoms with Gasteiger partial charge in [0.05, 0.1) is 12.2 Å². The number of anilines is 1. The number of rotatable bonds is 6. The SMILES string of the molecule is CCOC(=O)c1c(NC(=O)[C@H](C)OC(=O)c2ccccc2O)sc2c1CC[C@H](C)C2. The van der Waals surface area contributed by atoms with Crippen molar-refractivity contribution in [3.8, 4) is 5.75 Å². The van der Waals surface area contributed by atoms with Crippen LogP contribution in [0, 0.1) is 5.92 Å². The van der Waals surface area contributed by atoms with Gasteiger partial charge in [-0.15, -0.1) is 11.3 Å². The van der Waals surface area contributed by atoms with Crippen molar-refractivity contribution in [1.82, 2.24) is 0 Å². The van der Waals surface area contributed by atoms with Gasteiger partial charge < -0.3 is 19.9 Å². The molecule has 0 unspecified atom stereocenters. The second-order valence-corrected chi connectivity index (χ2v) is 8.44. The van der Waals surface area contributed by atoms with E-state index in [4.69, 9.17) is 9.47 Å². The molecule has 2 atom stereocenters. The molecule has 160 valence electrons. The number of amides is 1. The van der Waals surface area contributed by atoms with Crippen molar-refractivity contribution in [2.75, 3.05) is 11.9 Å². The summed E-state index contributed by atoms with van der Waals surface area (Å²) in [6.07, 6.45) is 1.46. The van der Waals surface area contributed by atoms with Crippen molar-refractivity contribution >= 4 is 34.2 Å². The van der Waals surface area contributed by atoms with Crippen molar-refractivity contribution in [1.29, 1.82) is 0 Å². The quantitative estimate of drug-likeness (QED) is 0.672. The summed E-state index contributed by atoms with van der Waals surface area (Å²) in [6, 6.07) is 5.95. The molecular weight excluding hydrogens is 406 g/mol. The number of hydrogen-bond donors (Lipinski definition) is 2. The van der Waals surface area contributed by atoms with Crippen LogP contribution in [-0.4, -0.2) is 35.7 Å². The van der Waals surface area contributed by atoms with Crippen LogP contribution >= 0.6 is 11.3 Å². The molecule has 2 aromatic rings. The summed E-state index contributed by atoms with van der Waals surface area (Å²) < 4.78 is 10.4. The fraction of sp³-hybridized carbons (Fsp3) is 0.409. The third-order valence-corrected chi connectivity index (χ3v) is 6.17. The molecule has 2 N–H and O–H groups in total. The zero-order valence-corrected chi connectivity index (χ0v) is 18.0. The molecule has 8 heteroatoms. The molecule has 1 aliphatic rings. The largest absolute Gasteiger partial charge is 0.507 e. The van der Waals surface area contributed by atoms with Crippen molar-refractivity contribution in [3.05, 3.63) is 45.8 Å². The van der Waals surface area contributed by atoms with E-state index in [-0.39, 0.29) is 17.9 Å². The minimum absolute atomic E-state index is 0.0232. The lowest BCUT2D eigenvalue weighted by atomic mass is 9.88. The Bertz CT molecular complexity index is 967. The molecule has 30 heavy (non-hydrogen) atoms. The van der Waals surface area contributed by atoms with Gasteiger partial charge in [-0.2, -0.15) is 0 Å². The van der Waals surface area contributed by atoms with E-state index < -0.39 is 23.9 Å². The second kappa shape index (κ2) is 9.30. The number of fused-ring (bicyclic) bond motifs is 1. The Kier molecular flexibility index (Phi) is 6.77. The Morgan fingerprint density at radius 2 is 2.00 bits per heavy atom. The van der Waals surface area contributed by atoms with Gasteiger partial charge in [0, 0.05) is 4.88 Å². The third-order valence-electron chi connectivity index (χ3n) is 5.00. The lowest BCUT2D eigenvalue weighted by Gasteiger charge is -2.18. The van der Waals surface area contributed by atoms with Crippen LogP contribution in [0.2, 0.25) is 0 Å². The predicted octanol–water partition coefficient (Wildman–Crippen LogP) is 3.94. The zero-order chi connectivity index (χ0) is 21.8. The molecule has 0 spiro atoms. The number of thiophene rings is 1.